The van der Waals surface area contributed by atoms with Crippen LogP contribution in [0.3, 0.4) is 0 Å². The average Bonchev–Trinajstić information content (AvgIpc) is 2.97. The first kappa shape index (κ1) is 17.6. The molecule has 2 aliphatic heterocycles. The number of hydrogen-bond acceptors (Lipinski definition) is 3. The lowest BCUT2D eigenvalue weighted by Crippen LogP contribution is -2.56. The van der Waals surface area contributed by atoms with E-state index < -0.39 is 11.6 Å². The Labute approximate surface area is 152 Å². The molecule has 2 aromatic rings. The Bertz CT molecular complexity index is 755. The first-order valence-corrected chi connectivity index (χ1v) is 9.22. The van der Waals surface area contributed by atoms with Gasteiger partial charge in [-0.25, -0.2) is 8.78 Å². The number of rotatable bonds is 4. The van der Waals surface area contributed by atoms with Crippen LogP contribution in [0.5, 0.6) is 0 Å². The van der Waals surface area contributed by atoms with Crippen molar-refractivity contribution in [2.24, 2.45) is 0 Å². The van der Waals surface area contributed by atoms with E-state index in [2.05, 4.69) is 21.9 Å². The molecule has 0 spiro atoms. The molecule has 2 aliphatic rings. The molecule has 3 nitrogen and oxygen atoms in total. The lowest BCUT2D eigenvalue weighted by molar-refractivity contribution is 0.0438. The highest BCUT2D eigenvalue weighted by molar-refractivity contribution is 5.20. The largest absolute Gasteiger partial charge is 0.392 e. The number of hydrogen-bond donors (Lipinski definition) is 1. The van der Waals surface area contributed by atoms with Gasteiger partial charge in [0.1, 0.15) is 11.6 Å². The summed E-state index contributed by atoms with van der Waals surface area (Å²) in [6.45, 7) is 2.84. The summed E-state index contributed by atoms with van der Waals surface area (Å²) in [4.78, 5) is 4.65. The molecular formula is C21H24F2N2O. The second kappa shape index (κ2) is 7.43. The van der Waals surface area contributed by atoms with E-state index in [4.69, 9.17) is 0 Å². The van der Waals surface area contributed by atoms with Crippen molar-refractivity contribution in [3.05, 3.63) is 71.3 Å². The van der Waals surface area contributed by atoms with E-state index in [9.17, 15) is 13.9 Å². The maximum Gasteiger partial charge on any atom is 0.130 e. The fraction of sp³-hybridized carbons (Fsp3) is 0.429. The summed E-state index contributed by atoms with van der Waals surface area (Å²) in [5, 5.41) is 10.0. The van der Waals surface area contributed by atoms with Crippen LogP contribution in [0.25, 0.3) is 0 Å². The number of halogens is 2. The minimum absolute atomic E-state index is 0.239. The second-order valence-electron chi connectivity index (χ2n) is 7.51. The fourth-order valence-electron chi connectivity index (χ4n) is 4.32. The Morgan fingerprint density at radius 1 is 1.00 bits per heavy atom. The van der Waals surface area contributed by atoms with Crippen LogP contribution in [0.1, 0.15) is 17.5 Å². The minimum Gasteiger partial charge on any atom is -0.392 e. The van der Waals surface area contributed by atoms with Gasteiger partial charge in [-0.15, -0.1) is 0 Å². The number of piperazine rings is 1. The minimum atomic E-state index is -0.546. The van der Waals surface area contributed by atoms with Crippen molar-refractivity contribution in [3.63, 3.8) is 0 Å². The third-order valence-electron chi connectivity index (χ3n) is 5.62. The Balaban J connectivity index is 1.55. The van der Waals surface area contributed by atoms with Gasteiger partial charge >= 0.3 is 0 Å². The van der Waals surface area contributed by atoms with Crippen molar-refractivity contribution >= 4 is 0 Å². The van der Waals surface area contributed by atoms with Crippen LogP contribution in [-0.2, 0) is 13.0 Å². The van der Waals surface area contributed by atoms with Gasteiger partial charge in [0, 0.05) is 49.9 Å². The van der Waals surface area contributed by atoms with E-state index in [1.165, 1.54) is 11.6 Å². The predicted molar refractivity (Wildman–Crippen MR) is 96.7 cm³/mol. The highest BCUT2D eigenvalue weighted by atomic mass is 19.1. The van der Waals surface area contributed by atoms with Crippen LogP contribution in [0.4, 0.5) is 8.78 Å². The number of benzene rings is 2. The molecule has 1 N–H and O–H groups in total. The molecule has 2 heterocycles. The summed E-state index contributed by atoms with van der Waals surface area (Å²) in [6.07, 6.45) is 1.36. The zero-order valence-electron chi connectivity index (χ0n) is 14.7. The smallest absolute Gasteiger partial charge is 0.130 e. The molecule has 0 bridgehead atoms. The molecule has 2 saturated heterocycles. The molecule has 0 unspecified atom stereocenters. The van der Waals surface area contributed by atoms with Crippen molar-refractivity contribution in [2.45, 2.75) is 37.6 Å². The van der Waals surface area contributed by atoms with Crippen LogP contribution < -0.4 is 0 Å². The number of fused-ring (bicyclic) bond motifs is 1. The zero-order valence-corrected chi connectivity index (χ0v) is 14.7. The van der Waals surface area contributed by atoms with E-state index >= 15 is 0 Å². The van der Waals surface area contributed by atoms with Gasteiger partial charge in [0.2, 0.25) is 0 Å². The quantitative estimate of drug-likeness (QED) is 0.911. The molecule has 0 radical (unpaired) electrons. The molecule has 0 amide bonds. The van der Waals surface area contributed by atoms with Crippen LogP contribution >= 0.6 is 0 Å². The Hall–Kier alpha value is -1.82. The van der Waals surface area contributed by atoms with Gasteiger partial charge in [-0.05, 0) is 24.5 Å². The lowest BCUT2D eigenvalue weighted by Gasteiger charge is -2.44. The van der Waals surface area contributed by atoms with Gasteiger partial charge in [-0.1, -0.05) is 36.4 Å². The molecule has 26 heavy (non-hydrogen) atoms. The number of aliphatic hydroxyl groups excluding tert-OH is 1. The Kier molecular flexibility index (Phi) is 5.02. The summed E-state index contributed by atoms with van der Waals surface area (Å²) in [5.74, 6) is -1.03. The summed E-state index contributed by atoms with van der Waals surface area (Å²) >= 11 is 0. The van der Waals surface area contributed by atoms with E-state index in [0.29, 0.717) is 24.7 Å². The van der Waals surface area contributed by atoms with E-state index in [-0.39, 0.29) is 12.1 Å². The molecule has 138 valence electrons. The van der Waals surface area contributed by atoms with Crippen molar-refractivity contribution in [1.82, 2.24) is 9.80 Å². The maximum atomic E-state index is 14.2. The lowest BCUT2D eigenvalue weighted by atomic mass is 9.99. The summed E-state index contributed by atoms with van der Waals surface area (Å²) in [6, 6.07) is 14.7. The van der Waals surface area contributed by atoms with Crippen LogP contribution in [0.15, 0.2) is 48.5 Å². The Morgan fingerprint density at radius 2 is 1.81 bits per heavy atom. The third-order valence-corrected chi connectivity index (χ3v) is 5.62. The molecule has 4 rings (SSSR count). The van der Waals surface area contributed by atoms with E-state index in [0.717, 1.165) is 32.0 Å². The predicted octanol–water partition coefficient (Wildman–Crippen LogP) is 2.83. The second-order valence-corrected chi connectivity index (χ2v) is 7.51. The molecular weight excluding hydrogens is 334 g/mol. The average molecular weight is 358 g/mol. The summed E-state index contributed by atoms with van der Waals surface area (Å²) < 4.78 is 27.4. The normalized spacial score (nSPS) is 26.8. The standard InChI is InChI=1S/C21H24F2N2O/c22-17-7-6-16(21(23)9-17)11-24-13-19-10-20(26)14-25(19)12-18(24)8-15-4-2-1-3-5-15/h1-7,9,18-20,26H,8,10-14H2/t18-,19+,20-/m1/s1. The molecule has 0 saturated carbocycles. The highest BCUT2D eigenvalue weighted by Crippen LogP contribution is 2.28. The highest BCUT2D eigenvalue weighted by Gasteiger charge is 2.39. The van der Waals surface area contributed by atoms with Crippen molar-refractivity contribution in [3.8, 4) is 0 Å². The molecule has 3 atom stereocenters. The first-order valence-electron chi connectivity index (χ1n) is 9.22. The zero-order chi connectivity index (χ0) is 18.1. The van der Waals surface area contributed by atoms with Gasteiger partial charge < -0.3 is 5.11 Å². The molecule has 5 heteroatoms. The molecule has 0 aliphatic carbocycles. The summed E-state index contributed by atoms with van der Waals surface area (Å²) in [5.41, 5.74) is 1.77. The molecule has 2 aromatic carbocycles. The van der Waals surface area contributed by atoms with Crippen molar-refractivity contribution in [1.29, 1.82) is 0 Å². The van der Waals surface area contributed by atoms with Gasteiger partial charge in [-0.2, -0.15) is 0 Å². The van der Waals surface area contributed by atoms with Crippen LogP contribution in [0, 0.1) is 11.6 Å². The Morgan fingerprint density at radius 3 is 2.58 bits per heavy atom. The van der Waals surface area contributed by atoms with Gasteiger partial charge in [0.25, 0.3) is 0 Å². The fourth-order valence-corrected chi connectivity index (χ4v) is 4.32. The van der Waals surface area contributed by atoms with Gasteiger partial charge in [0.15, 0.2) is 0 Å². The van der Waals surface area contributed by atoms with Gasteiger partial charge in [-0.3, -0.25) is 9.80 Å². The van der Waals surface area contributed by atoms with Gasteiger partial charge in [0.05, 0.1) is 6.10 Å². The molecule has 2 fully saturated rings. The third kappa shape index (κ3) is 3.80. The molecule has 0 aromatic heterocycles. The maximum absolute atomic E-state index is 14.2. The van der Waals surface area contributed by atoms with Crippen LogP contribution in [-0.4, -0.2) is 52.7 Å². The monoisotopic (exact) mass is 358 g/mol. The SMILES string of the molecule is O[C@@H]1C[C@H]2CN(Cc3ccc(F)cc3F)[C@H](Cc3ccccc3)CN2C1. The van der Waals surface area contributed by atoms with Crippen molar-refractivity contribution < 1.29 is 13.9 Å². The topological polar surface area (TPSA) is 26.7 Å². The van der Waals surface area contributed by atoms with Crippen molar-refractivity contribution in [2.75, 3.05) is 19.6 Å². The van der Waals surface area contributed by atoms with E-state index in [1.807, 2.05) is 18.2 Å². The van der Waals surface area contributed by atoms with Crippen LogP contribution in [0.2, 0.25) is 0 Å². The first-order chi connectivity index (χ1) is 12.6. The van der Waals surface area contributed by atoms with E-state index in [1.54, 1.807) is 6.07 Å². The number of nitrogens with zero attached hydrogens (tertiary/aromatic N) is 2. The number of aliphatic hydroxyl groups is 1. The summed E-state index contributed by atoms with van der Waals surface area (Å²) in [7, 11) is 0.